The number of aryl methyl sites for hydroxylation is 1. The van der Waals surface area contributed by atoms with Crippen molar-refractivity contribution >= 4 is 16.9 Å². The molecular weight excluding hydrogens is 514 g/mol. The van der Waals surface area contributed by atoms with Gasteiger partial charge in [0.1, 0.15) is 23.2 Å². The monoisotopic (exact) mass is 543 g/mol. The first kappa shape index (κ1) is 26.9. The summed E-state index contributed by atoms with van der Waals surface area (Å²) in [5.74, 6) is 0.678. The SMILES string of the molecule is CCc1nc(NCC(O)(CC(C)(C)c2cccc3c2OCC3)C(F)(F)F)c2cnn(-c3ccc(F)cc3)c2n1. The van der Waals surface area contributed by atoms with Gasteiger partial charge in [0.15, 0.2) is 11.2 Å². The van der Waals surface area contributed by atoms with Gasteiger partial charge in [-0.1, -0.05) is 39.0 Å². The van der Waals surface area contributed by atoms with Crippen LogP contribution in [0.5, 0.6) is 5.75 Å². The van der Waals surface area contributed by atoms with Crippen LogP contribution < -0.4 is 10.1 Å². The van der Waals surface area contributed by atoms with Crippen molar-refractivity contribution in [2.75, 3.05) is 18.5 Å². The first-order valence-electron chi connectivity index (χ1n) is 12.7. The summed E-state index contributed by atoms with van der Waals surface area (Å²) in [7, 11) is 0. The highest BCUT2D eigenvalue weighted by atomic mass is 19.4. The number of hydrogen-bond acceptors (Lipinski definition) is 6. The van der Waals surface area contributed by atoms with E-state index < -0.39 is 36.0 Å². The van der Waals surface area contributed by atoms with Gasteiger partial charge in [0.25, 0.3) is 0 Å². The van der Waals surface area contributed by atoms with E-state index in [4.69, 9.17) is 4.74 Å². The Kier molecular flexibility index (Phi) is 6.74. The van der Waals surface area contributed by atoms with E-state index >= 15 is 0 Å². The summed E-state index contributed by atoms with van der Waals surface area (Å²) in [6, 6.07) is 11.1. The summed E-state index contributed by atoms with van der Waals surface area (Å²) >= 11 is 0. The number of halogens is 4. The lowest BCUT2D eigenvalue weighted by Crippen LogP contribution is -2.53. The van der Waals surface area contributed by atoms with Gasteiger partial charge in [-0.25, -0.2) is 19.0 Å². The van der Waals surface area contributed by atoms with Crippen LogP contribution in [-0.4, -0.2) is 49.8 Å². The molecular formula is C28H29F4N5O2. The number of anilines is 1. The van der Waals surface area contributed by atoms with Crippen molar-refractivity contribution in [2.45, 2.75) is 57.2 Å². The Morgan fingerprint density at radius 2 is 1.82 bits per heavy atom. The van der Waals surface area contributed by atoms with E-state index in [1.165, 1.54) is 35.1 Å². The van der Waals surface area contributed by atoms with Crippen molar-refractivity contribution in [3.8, 4) is 11.4 Å². The number of nitrogens with zero attached hydrogens (tertiary/aromatic N) is 4. The van der Waals surface area contributed by atoms with Crippen LogP contribution in [-0.2, 0) is 18.3 Å². The molecule has 1 atom stereocenters. The van der Waals surface area contributed by atoms with E-state index in [1.807, 2.05) is 13.0 Å². The molecule has 4 aromatic rings. The molecule has 1 unspecified atom stereocenters. The molecule has 0 saturated carbocycles. The summed E-state index contributed by atoms with van der Waals surface area (Å²) in [5, 5.41) is 18.6. The molecule has 2 aromatic carbocycles. The van der Waals surface area contributed by atoms with Gasteiger partial charge in [0.2, 0.25) is 0 Å². The minimum absolute atomic E-state index is 0.120. The average Bonchev–Trinajstić information content (AvgIpc) is 3.54. The van der Waals surface area contributed by atoms with Gasteiger partial charge >= 0.3 is 6.18 Å². The zero-order chi connectivity index (χ0) is 28.0. The molecule has 0 radical (unpaired) electrons. The highest BCUT2D eigenvalue weighted by Gasteiger charge is 2.56. The first-order chi connectivity index (χ1) is 18.4. The van der Waals surface area contributed by atoms with Crippen molar-refractivity contribution in [3.05, 3.63) is 71.4 Å². The summed E-state index contributed by atoms with van der Waals surface area (Å²) < 4.78 is 64.0. The molecule has 0 amide bonds. The molecule has 2 aromatic heterocycles. The van der Waals surface area contributed by atoms with Crippen LogP contribution in [0.3, 0.4) is 0 Å². The second kappa shape index (κ2) is 9.78. The van der Waals surface area contributed by atoms with Gasteiger partial charge in [-0.3, -0.25) is 0 Å². The van der Waals surface area contributed by atoms with Crippen molar-refractivity contribution in [3.63, 3.8) is 0 Å². The maximum absolute atomic E-state index is 14.4. The Hall–Kier alpha value is -3.73. The highest BCUT2D eigenvalue weighted by Crippen LogP contribution is 2.45. The van der Waals surface area contributed by atoms with E-state index in [0.29, 0.717) is 53.3 Å². The van der Waals surface area contributed by atoms with Gasteiger partial charge in [0, 0.05) is 18.4 Å². The largest absolute Gasteiger partial charge is 0.493 e. The Balaban J connectivity index is 1.48. The molecule has 1 aliphatic heterocycles. The van der Waals surface area contributed by atoms with E-state index in [2.05, 4.69) is 20.4 Å². The molecule has 5 rings (SSSR count). The maximum atomic E-state index is 14.4. The number of nitrogens with one attached hydrogen (secondary N) is 1. The van der Waals surface area contributed by atoms with Gasteiger partial charge in [-0.05, 0) is 41.7 Å². The maximum Gasteiger partial charge on any atom is 0.418 e. The topological polar surface area (TPSA) is 85.1 Å². The van der Waals surface area contributed by atoms with Crippen molar-refractivity contribution < 1.29 is 27.4 Å². The van der Waals surface area contributed by atoms with Crippen LogP contribution in [0.25, 0.3) is 16.7 Å². The van der Waals surface area contributed by atoms with Gasteiger partial charge in [0.05, 0.1) is 30.4 Å². The molecule has 0 spiro atoms. The molecule has 0 bridgehead atoms. The summed E-state index contributed by atoms with van der Waals surface area (Å²) in [4.78, 5) is 8.89. The fourth-order valence-electron chi connectivity index (χ4n) is 5.08. The normalized spacial score (nSPS) is 15.2. The Morgan fingerprint density at radius 3 is 2.51 bits per heavy atom. The molecule has 2 N–H and O–H groups in total. The van der Waals surface area contributed by atoms with Crippen LogP contribution in [0.1, 0.15) is 44.1 Å². The molecule has 3 heterocycles. The number of rotatable bonds is 8. The lowest BCUT2D eigenvalue weighted by Gasteiger charge is -2.38. The zero-order valence-corrected chi connectivity index (χ0v) is 21.8. The number of aliphatic hydroxyl groups is 1. The fraction of sp³-hybridized carbons (Fsp3) is 0.393. The predicted molar refractivity (Wildman–Crippen MR) is 139 cm³/mol. The number of hydrogen-bond donors (Lipinski definition) is 2. The number of benzene rings is 2. The number of fused-ring (bicyclic) bond motifs is 2. The molecule has 1 aliphatic rings. The highest BCUT2D eigenvalue weighted by molar-refractivity contribution is 5.87. The van der Waals surface area contributed by atoms with E-state index in [0.717, 1.165) is 5.56 Å². The van der Waals surface area contributed by atoms with Crippen LogP contribution in [0, 0.1) is 5.82 Å². The Bertz CT molecular complexity index is 1500. The molecule has 0 fully saturated rings. The molecule has 206 valence electrons. The van der Waals surface area contributed by atoms with Crippen LogP contribution in [0.4, 0.5) is 23.4 Å². The third kappa shape index (κ3) is 5.03. The molecule has 7 nitrogen and oxygen atoms in total. The smallest absolute Gasteiger partial charge is 0.418 e. The van der Waals surface area contributed by atoms with Crippen LogP contribution >= 0.6 is 0 Å². The number of para-hydroxylation sites is 1. The molecule has 11 heteroatoms. The van der Waals surface area contributed by atoms with Gasteiger partial charge in [-0.15, -0.1) is 0 Å². The third-order valence-electron chi connectivity index (χ3n) is 7.12. The molecule has 39 heavy (non-hydrogen) atoms. The van der Waals surface area contributed by atoms with E-state index in [1.54, 1.807) is 26.0 Å². The fourth-order valence-corrected chi connectivity index (χ4v) is 5.08. The minimum atomic E-state index is -4.94. The van der Waals surface area contributed by atoms with Crippen LogP contribution in [0.15, 0.2) is 48.7 Å². The number of ether oxygens (including phenoxy) is 1. The van der Waals surface area contributed by atoms with E-state index in [-0.39, 0.29) is 5.82 Å². The standard InChI is InChI=1S/C28H29F4N5O2/c1-4-22-35-24(20-14-34-37(25(20)36-22)19-10-8-18(29)9-11-19)33-16-27(38,28(30,31)32)15-26(2,3)21-7-5-6-17-12-13-39-23(17)21/h5-11,14,38H,4,12-13,15-16H2,1-3H3,(H,33,35,36). The first-order valence-corrected chi connectivity index (χ1v) is 12.7. The third-order valence-corrected chi connectivity index (χ3v) is 7.12. The Morgan fingerprint density at radius 1 is 1.08 bits per heavy atom. The van der Waals surface area contributed by atoms with Crippen molar-refractivity contribution in [2.24, 2.45) is 0 Å². The number of alkyl halides is 3. The number of aromatic nitrogens is 4. The summed E-state index contributed by atoms with van der Waals surface area (Å²) in [6.45, 7) is 4.80. The summed E-state index contributed by atoms with van der Waals surface area (Å²) in [5.41, 5.74) is -1.70. The van der Waals surface area contributed by atoms with Gasteiger partial charge < -0.3 is 15.2 Å². The van der Waals surface area contributed by atoms with Crippen molar-refractivity contribution in [1.82, 2.24) is 19.7 Å². The minimum Gasteiger partial charge on any atom is -0.493 e. The molecule has 0 aliphatic carbocycles. The second-order valence-corrected chi connectivity index (χ2v) is 10.4. The molecule has 0 saturated heterocycles. The lowest BCUT2D eigenvalue weighted by molar-refractivity contribution is -0.260. The van der Waals surface area contributed by atoms with Crippen LogP contribution in [0.2, 0.25) is 0 Å². The second-order valence-electron chi connectivity index (χ2n) is 10.4. The van der Waals surface area contributed by atoms with E-state index in [9.17, 15) is 22.7 Å². The zero-order valence-electron chi connectivity index (χ0n) is 21.8. The lowest BCUT2D eigenvalue weighted by atomic mass is 9.74. The Labute approximate surface area is 222 Å². The summed E-state index contributed by atoms with van der Waals surface area (Å²) in [6.07, 6.45) is -3.01. The van der Waals surface area contributed by atoms with Gasteiger partial charge in [-0.2, -0.15) is 18.3 Å². The average molecular weight is 544 g/mol. The van der Waals surface area contributed by atoms with Crippen molar-refractivity contribution in [1.29, 1.82) is 0 Å². The quantitative estimate of drug-likeness (QED) is 0.285. The predicted octanol–water partition coefficient (Wildman–Crippen LogP) is 5.53.